The van der Waals surface area contributed by atoms with Gasteiger partial charge in [0.05, 0.1) is 23.3 Å². The summed E-state index contributed by atoms with van der Waals surface area (Å²) in [5.41, 5.74) is 12.1. The predicted octanol–water partition coefficient (Wildman–Crippen LogP) is 10.5. The largest absolute Gasteiger partial charge is 0.507 e. The second-order valence-electron chi connectivity index (χ2n) is 12.8. The number of rotatable bonds is 9. The van der Waals surface area contributed by atoms with Crippen LogP contribution >= 0.6 is 0 Å². The van der Waals surface area contributed by atoms with Crippen molar-refractivity contribution < 1.29 is 9.84 Å². The van der Waals surface area contributed by atoms with E-state index >= 15 is 0 Å². The van der Waals surface area contributed by atoms with Crippen molar-refractivity contribution in [3.63, 3.8) is 0 Å². The summed E-state index contributed by atoms with van der Waals surface area (Å²) in [6, 6.07) is 42.4. The first-order valence-electron chi connectivity index (χ1n) is 16.9. The molecule has 0 aliphatic heterocycles. The normalized spacial score (nSPS) is 13.9. The molecule has 2 aliphatic carbocycles. The Morgan fingerprint density at radius 1 is 0.638 bits per heavy atom. The second-order valence-corrected chi connectivity index (χ2v) is 12.8. The first kappa shape index (κ1) is 29.2. The van der Waals surface area contributed by atoms with Crippen LogP contribution in [-0.4, -0.2) is 21.7 Å². The third kappa shape index (κ3) is 4.58. The summed E-state index contributed by atoms with van der Waals surface area (Å²) in [6.07, 6.45) is 4.54. The highest BCUT2D eigenvalue weighted by Gasteiger charge is 2.52. The number of hydrogen-bond donors (Lipinski definition) is 1. The molecule has 232 valence electrons. The van der Waals surface area contributed by atoms with Gasteiger partial charge in [-0.25, -0.2) is 4.98 Å². The molecule has 47 heavy (non-hydrogen) atoms. The molecule has 8 rings (SSSR count). The first-order valence-corrected chi connectivity index (χ1v) is 16.9. The molecule has 6 aromatic rings. The molecule has 0 saturated heterocycles. The Morgan fingerprint density at radius 3 is 1.87 bits per heavy atom. The summed E-state index contributed by atoms with van der Waals surface area (Å²) >= 11 is 0. The molecule has 4 nitrogen and oxygen atoms in total. The van der Waals surface area contributed by atoms with Gasteiger partial charge in [-0.05, 0) is 69.0 Å². The van der Waals surface area contributed by atoms with Gasteiger partial charge in [0.2, 0.25) is 5.88 Å². The Labute approximate surface area is 276 Å². The molecule has 1 aromatic heterocycles. The fourth-order valence-corrected chi connectivity index (χ4v) is 7.88. The van der Waals surface area contributed by atoms with Crippen molar-refractivity contribution in [1.82, 2.24) is 9.97 Å². The number of aromatic nitrogens is 2. The minimum Gasteiger partial charge on any atom is -0.507 e. The van der Waals surface area contributed by atoms with Crippen LogP contribution in [0.5, 0.6) is 11.6 Å². The van der Waals surface area contributed by atoms with Crippen LogP contribution in [0.25, 0.3) is 44.9 Å². The quantitative estimate of drug-likeness (QED) is 0.176. The van der Waals surface area contributed by atoms with Gasteiger partial charge in [-0.2, -0.15) is 4.98 Å². The molecule has 5 aromatic carbocycles. The van der Waals surface area contributed by atoms with E-state index < -0.39 is 5.41 Å². The molecule has 1 heterocycles. The van der Waals surface area contributed by atoms with Crippen molar-refractivity contribution in [2.45, 2.75) is 44.9 Å². The molecular formula is C43H38N2O2. The maximum absolute atomic E-state index is 10.9. The van der Waals surface area contributed by atoms with Crippen molar-refractivity contribution in [3.05, 3.63) is 144 Å². The van der Waals surface area contributed by atoms with Crippen LogP contribution in [0, 0.1) is 5.92 Å². The summed E-state index contributed by atoms with van der Waals surface area (Å²) in [4.78, 5) is 9.99. The number of fused-ring (bicyclic) bond motifs is 10. The zero-order chi connectivity index (χ0) is 32.0. The average molecular weight is 615 g/mol. The Balaban J connectivity index is 1.35. The van der Waals surface area contributed by atoms with Gasteiger partial charge in [-0.15, -0.1) is 0 Å². The highest BCUT2D eigenvalue weighted by atomic mass is 16.5. The number of aromatic hydroxyl groups is 1. The van der Waals surface area contributed by atoms with Crippen molar-refractivity contribution >= 4 is 0 Å². The molecule has 0 saturated carbocycles. The predicted molar refractivity (Wildman–Crippen MR) is 190 cm³/mol. The highest BCUT2D eigenvalue weighted by Crippen LogP contribution is 2.63. The zero-order valence-corrected chi connectivity index (χ0v) is 26.9. The summed E-state index contributed by atoms with van der Waals surface area (Å²) < 4.78 is 6.46. The number of unbranched alkanes of at least 4 members (excludes halogenated alkanes) is 1. The van der Waals surface area contributed by atoms with Crippen LogP contribution in [0.15, 0.2) is 121 Å². The second kappa shape index (κ2) is 11.9. The molecular weight excluding hydrogens is 576 g/mol. The Bertz CT molecular complexity index is 2070. The molecule has 1 spiro atoms. The average Bonchev–Trinajstić information content (AvgIpc) is 3.59. The highest BCUT2D eigenvalue weighted by molar-refractivity contribution is 5.99. The van der Waals surface area contributed by atoms with E-state index in [0.29, 0.717) is 29.8 Å². The lowest BCUT2D eigenvalue weighted by Crippen LogP contribution is -2.25. The van der Waals surface area contributed by atoms with E-state index in [2.05, 4.69) is 105 Å². The number of benzene rings is 5. The van der Waals surface area contributed by atoms with E-state index in [-0.39, 0.29) is 5.75 Å². The Morgan fingerprint density at radius 2 is 1.21 bits per heavy atom. The molecule has 4 heteroatoms. The third-order valence-electron chi connectivity index (χ3n) is 10.2. The topological polar surface area (TPSA) is 55.2 Å². The van der Waals surface area contributed by atoms with Crippen LogP contribution in [0.2, 0.25) is 0 Å². The van der Waals surface area contributed by atoms with Gasteiger partial charge in [0.25, 0.3) is 0 Å². The van der Waals surface area contributed by atoms with Crippen LogP contribution in [0.1, 0.15) is 61.8 Å². The van der Waals surface area contributed by atoms with Gasteiger partial charge < -0.3 is 9.84 Å². The van der Waals surface area contributed by atoms with Gasteiger partial charge in [0, 0.05) is 11.6 Å². The van der Waals surface area contributed by atoms with Crippen LogP contribution in [0.3, 0.4) is 0 Å². The van der Waals surface area contributed by atoms with E-state index in [0.717, 1.165) is 24.1 Å². The van der Waals surface area contributed by atoms with Gasteiger partial charge in [0.15, 0.2) is 5.82 Å². The minimum atomic E-state index is -0.435. The number of hydrogen-bond acceptors (Lipinski definition) is 4. The summed E-state index contributed by atoms with van der Waals surface area (Å²) in [5.74, 6) is 1.58. The van der Waals surface area contributed by atoms with Crippen molar-refractivity contribution in [2.24, 2.45) is 5.92 Å². The van der Waals surface area contributed by atoms with E-state index in [4.69, 9.17) is 14.7 Å². The van der Waals surface area contributed by atoms with Crippen LogP contribution in [0.4, 0.5) is 0 Å². The first-order chi connectivity index (χ1) is 23.1. The van der Waals surface area contributed by atoms with E-state index in [1.165, 1.54) is 57.3 Å². The number of nitrogens with zero attached hydrogens (tertiary/aromatic N) is 2. The SMILES string of the molecule is CCCCC(CC)COc1cc(-c2cccc3c2-c2ccccc2C32c3ccccc3-c3ccccc32)nc(-c2ccccc2O)n1. The fraction of sp³-hybridized carbons (Fsp3) is 0.209. The van der Waals surface area contributed by atoms with E-state index in [1.54, 1.807) is 6.07 Å². The summed E-state index contributed by atoms with van der Waals surface area (Å²) in [5, 5.41) is 10.9. The number of para-hydroxylation sites is 1. The lowest BCUT2D eigenvalue weighted by atomic mass is 9.70. The molecule has 0 amide bonds. The maximum Gasteiger partial charge on any atom is 0.217 e. The number of phenolic OH excluding ortho intramolecular Hbond substituents is 1. The summed E-state index contributed by atoms with van der Waals surface area (Å²) in [6.45, 7) is 5.05. The zero-order valence-electron chi connectivity index (χ0n) is 26.9. The summed E-state index contributed by atoms with van der Waals surface area (Å²) in [7, 11) is 0. The van der Waals surface area contributed by atoms with Crippen molar-refractivity contribution in [1.29, 1.82) is 0 Å². The molecule has 0 bridgehead atoms. The fourth-order valence-electron chi connectivity index (χ4n) is 7.88. The minimum absolute atomic E-state index is 0.145. The van der Waals surface area contributed by atoms with Gasteiger partial charge in [0.1, 0.15) is 5.75 Å². The molecule has 1 atom stereocenters. The van der Waals surface area contributed by atoms with Gasteiger partial charge in [-0.3, -0.25) is 0 Å². The van der Waals surface area contributed by atoms with Gasteiger partial charge in [-0.1, -0.05) is 136 Å². The number of phenols is 1. The van der Waals surface area contributed by atoms with Crippen molar-refractivity contribution in [2.75, 3.05) is 6.61 Å². The smallest absolute Gasteiger partial charge is 0.217 e. The molecule has 0 radical (unpaired) electrons. The van der Waals surface area contributed by atoms with Crippen LogP contribution in [-0.2, 0) is 5.41 Å². The monoisotopic (exact) mass is 614 g/mol. The number of ether oxygens (including phenoxy) is 1. The Hall–Kier alpha value is -5.22. The molecule has 2 aliphatic rings. The standard InChI is InChI=1S/C43H38N2O2/c1-3-5-15-28(4-2)27-47-40-26-38(44-42(45-40)33-19-9-13-25-39(33)46)32-20-14-24-37-41(32)31-18-8-12-23-36(31)43(37)34-21-10-6-16-29(34)30-17-7-11-22-35(30)43/h6-14,16-26,28,46H,3-5,15,27H2,1-2H3. The molecule has 0 fully saturated rings. The Kier molecular flexibility index (Phi) is 7.37. The molecule has 1 unspecified atom stereocenters. The van der Waals surface area contributed by atoms with Crippen LogP contribution < -0.4 is 4.74 Å². The third-order valence-corrected chi connectivity index (χ3v) is 10.2. The lowest BCUT2D eigenvalue weighted by Gasteiger charge is -2.30. The van der Waals surface area contributed by atoms with Gasteiger partial charge >= 0.3 is 0 Å². The molecule has 1 N–H and O–H groups in total. The van der Waals surface area contributed by atoms with Crippen molar-refractivity contribution in [3.8, 4) is 56.5 Å². The van der Waals surface area contributed by atoms with E-state index in [9.17, 15) is 5.11 Å². The van der Waals surface area contributed by atoms with E-state index in [1.807, 2.05) is 24.3 Å². The lowest BCUT2D eigenvalue weighted by molar-refractivity contribution is 0.226. The maximum atomic E-state index is 10.9.